The first-order chi connectivity index (χ1) is 8.37. The predicted octanol–water partition coefficient (Wildman–Crippen LogP) is 2.25. The van der Waals surface area contributed by atoms with Crippen molar-refractivity contribution in [2.75, 3.05) is 11.4 Å². The fourth-order valence-corrected chi connectivity index (χ4v) is 2.68. The summed E-state index contributed by atoms with van der Waals surface area (Å²) in [5, 5.41) is 18.9. The van der Waals surface area contributed by atoms with Crippen molar-refractivity contribution in [3.8, 4) is 5.75 Å². The molecule has 1 heterocycles. The maximum Gasteiger partial charge on any atom is 0.311 e. The summed E-state index contributed by atoms with van der Waals surface area (Å²) in [4.78, 5) is 13.5. The van der Waals surface area contributed by atoms with E-state index < -0.39 is 11.4 Å². The first-order valence-corrected chi connectivity index (χ1v) is 6.19. The zero-order valence-electron chi connectivity index (χ0n) is 11.0. The van der Waals surface area contributed by atoms with Gasteiger partial charge in [0.05, 0.1) is 5.41 Å². The highest BCUT2D eigenvalue weighted by atomic mass is 16.4. The molecule has 0 fully saturated rings. The SMILES string of the molecule is CCN1c2ccc(O)cc2CC1C(C)(C)C(=O)O. The van der Waals surface area contributed by atoms with Crippen LogP contribution in [0.2, 0.25) is 0 Å². The van der Waals surface area contributed by atoms with Crippen molar-refractivity contribution in [1.82, 2.24) is 0 Å². The van der Waals surface area contributed by atoms with E-state index in [4.69, 9.17) is 0 Å². The van der Waals surface area contributed by atoms with Crippen LogP contribution in [0.5, 0.6) is 5.75 Å². The van der Waals surface area contributed by atoms with Gasteiger partial charge >= 0.3 is 5.97 Å². The molecule has 1 unspecified atom stereocenters. The second kappa shape index (κ2) is 4.19. The summed E-state index contributed by atoms with van der Waals surface area (Å²) in [7, 11) is 0. The predicted molar refractivity (Wildman–Crippen MR) is 70.0 cm³/mol. The number of fused-ring (bicyclic) bond motifs is 1. The quantitative estimate of drug-likeness (QED) is 0.862. The lowest BCUT2D eigenvalue weighted by atomic mass is 9.82. The third kappa shape index (κ3) is 1.82. The summed E-state index contributed by atoms with van der Waals surface area (Å²) in [5.41, 5.74) is 1.25. The number of carboxylic acids is 1. The number of benzene rings is 1. The van der Waals surface area contributed by atoms with Crippen LogP contribution in [0.25, 0.3) is 0 Å². The highest BCUT2D eigenvalue weighted by molar-refractivity contribution is 5.77. The first-order valence-electron chi connectivity index (χ1n) is 6.19. The monoisotopic (exact) mass is 249 g/mol. The van der Waals surface area contributed by atoms with Gasteiger partial charge in [-0.15, -0.1) is 0 Å². The molecule has 1 aliphatic rings. The van der Waals surface area contributed by atoms with Gasteiger partial charge in [0.2, 0.25) is 0 Å². The molecule has 18 heavy (non-hydrogen) atoms. The third-order valence-corrected chi connectivity index (χ3v) is 3.89. The van der Waals surface area contributed by atoms with Crippen LogP contribution < -0.4 is 4.90 Å². The van der Waals surface area contributed by atoms with Crippen LogP contribution >= 0.6 is 0 Å². The van der Waals surface area contributed by atoms with Gasteiger partial charge in [-0.1, -0.05) is 0 Å². The van der Waals surface area contributed by atoms with E-state index in [2.05, 4.69) is 4.90 Å². The third-order valence-electron chi connectivity index (χ3n) is 3.89. The van der Waals surface area contributed by atoms with Gasteiger partial charge in [0, 0.05) is 18.3 Å². The molecule has 1 aromatic carbocycles. The van der Waals surface area contributed by atoms with Gasteiger partial charge in [0.25, 0.3) is 0 Å². The number of nitrogens with zero attached hydrogens (tertiary/aromatic N) is 1. The van der Waals surface area contributed by atoms with Gasteiger partial charge in [-0.3, -0.25) is 4.79 Å². The fourth-order valence-electron chi connectivity index (χ4n) is 2.68. The summed E-state index contributed by atoms with van der Waals surface area (Å²) in [6.45, 7) is 6.30. The number of rotatable bonds is 3. The Labute approximate surface area is 107 Å². The van der Waals surface area contributed by atoms with Crippen molar-refractivity contribution in [2.24, 2.45) is 5.41 Å². The number of likely N-dealkylation sites (N-methyl/N-ethyl adjacent to an activating group) is 1. The van der Waals surface area contributed by atoms with Crippen molar-refractivity contribution in [2.45, 2.75) is 33.2 Å². The molecule has 0 bridgehead atoms. The zero-order chi connectivity index (χ0) is 13.5. The van der Waals surface area contributed by atoms with E-state index in [0.717, 1.165) is 17.8 Å². The van der Waals surface area contributed by atoms with Gasteiger partial charge in [0.1, 0.15) is 5.75 Å². The lowest BCUT2D eigenvalue weighted by Gasteiger charge is -2.35. The van der Waals surface area contributed by atoms with E-state index in [1.807, 2.05) is 13.0 Å². The van der Waals surface area contributed by atoms with E-state index in [9.17, 15) is 15.0 Å². The molecule has 2 N–H and O–H groups in total. The summed E-state index contributed by atoms with van der Waals surface area (Å²) >= 11 is 0. The highest BCUT2D eigenvalue weighted by Gasteiger charge is 2.44. The Kier molecular flexibility index (Phi) is 2.97. The molecule has 0 aromatic heterocycles. The van der Waals surface area contributed by atoms with Gasteiger partial charge < -0.3 is 15.1 Å². The maximum atomic E-state index is 11.4. The van der Waals surface area contributed by atoms with E-state index in [0.29, 0.717) is 6.42 Å². The molecule has 4 nitrogen and oxygen atoms in total. The standard InChI is InChI=1S/C14H19NO3/c1-4-15-11-6-5-10(16)7-9(11)8-12(15)14(2,3)13(17)18/h5-7,12,16H,4,8H2,1-3H3,(H,17,18). The molecular formula is C14H19NO3. The smallest absolute Gasteiger partial charge is 0.311 e. The zero-order valence-corrected chi connectivity index (χ0v) is 11.0. The number of aliphatic carboxylic acids is 1. The number of hydrogen-bond donors (Lipinski definition) is 2. The summed E-state index contributed by atoms with van der Waals surface area (Å²) < 4.78 is 0. The summed E-state index contributed by atoms with van der Waals surface area (Å²) in [6, 6.07) is 5.18. The molecule has 0 radical (unpaired) electrons. The Morgan fingerprint density at radius 1 is 1.50 bits per heavy atom. The Balaban J connectivity index is 2.41. The van der Waals surface area contributed by atoms with Crippen molar-refractivity contribution in [1.29, 1.82) is 0 Å². The van der Waals surface area contributed by atoms with E-state index >= 15 is 0 Å². The second-order valence-electron chi connectivity index (χ2n) is 5.35. The molecule has 0 amide bonds. The Morgan fingerprint density at radius 2 is 2.17 bits per heavy atom. The molecule has 1 aliphatic heterocycles. The normalized spacial score (nSPS) is 18.8. The van der Waals surface area contributed by atoms with E-state index in [-0.39, 0.29) is 11.8 Å². The number of hydrogen-bond acceptors (Lipinski definition) is 3. The van der Waals surface area contributed by atoms with Gasteiger partial charge in [-0.2, -0.15) is 0 Å². The van der Waals surface area contributed by atoms with Crippen molar-refractivity contribution < 1.29 is 15.0 Å². The van der Waals surface area contributed by atoms with Crippen LogP contribution in [-0.4, -0.2) is 28.8 Å². The molecule has 2 rings (SSSR count). The topological polar surface area (TPSA) is 60.8 Å². The van der Waals surface area contributed by atoms with Crippen LogP contribution in [0.1, 0.15) is 26.3 Å². The minimum atomic E-state index is -0.815. The number of carboxylic acid groups (broad SMARTS) is 1. The lowest BCUT2D eigenvalue weighted by molar-refractivity contribution is -0.148. The fraction of sp³-hybridized carbons (Fsp3) is 0.500. The van der Waals surface area contributed by atoms with Crippen molar-refractivity contribution in [3.05, 3.63) is 23.8 Å². The van der Waals surface area contributed by atoms with Crippen molar-refractivity contribution in [3.63, 3.8) is 0 Å². The van der Waals surface area contributed by atoms with Crippen LogP contribution in [0.3, 0.4) is 0 Å². The summed E-state index contributed by atoms with van der Waals surface area (Å²) in [6.07, 6.45) is 0.664. The Bertz CT molecular complexity index is 482. The van der Waals surface area contributed by atoms with E-state index in [1.54, 1.807) is 26.0 Å². The molecule has 0 saturated carbocycles. The Hall–Kier alpha value is -1.71. The van der Waals surface area contributed by atoms with E-state index in [1.165, 1.54) is 0 Å². The molecule has 0 spiro atoms. The highest BCUT2D eigenvalue weighted by Crippen LogP contribution is 2.41. The number of phenolic OH excluding ortho intramolecular Hbond substituents is 1. The van der Waals surface area contributed by atoms with Crippen LogP contribution in [-0.2, 0) is 11.2 Å². The summed E-state index contributed by atoms with van der Waals surface area (Å²) in [5.74, 6) is -0.554. The Morgan fingerprint density at radius 3 is 2.72 bits per heavy atom. The van der Waals surface area contributed by atoms with Gasteiger partial charge in [0.15, 0.2) is 0 Å². The largest absolute Gasteiger partial charge is 0.508 e. The molecule has 1 atom stereocenters. The second-order valence-corrected chi connectivity index (χ2v) is 5.35. The number of aromatic hydroxyl groups is 1. The molecule has 0 aliphatic carbocycles. The van der Waals surface area contributed by atoms with Crippen molar-refractivity contribution >= 4 is 11.7 Å². The van der Waals surface area contributed by atoms with Crippen LogP contribution in [0.4, 0.5) is 5.69 Å². The number of carbonyl (C=O) groups is 1. The van der Waals surface area contributed by atoms with Crippen LogP contribution in [0.15, 0.2) is 18.2 Å². The lowest BCUT2D eigenvalue weighted by Crippen LogP contribution is -2.47. The van der Waals surface area contributed by atoms with Gasteiger partial charge in [-0.25, -0.2) is 0 Å². The van der Waals surface area contributed by atoms with Gasteiger partial charge in [-0.05, 0) is 51.0 Å². The maximum absolute atomic E-state index is 11.4. The number of phenols is 1. The average molecular weight is 249 g/mol. The molecule has 1 aromatic rings. The first kappa shape index (κ1) is 12.7. The minimum absolute atomic E-state index is 0.0724. The molecular weight excluding hydrogens is 230 g/mol. The van der Waals surface area contributed by atoms with Crippen LogP contribution in [0, 0.1) is 5.41 Å². The molecule has 98 valence electrons. The minimum Gasteiger partial charge on any atom is -0.508 e. The number of anilines is 1. The molecule has 0 saturated heterocycles. The molecule has 4 heteroatoms. The average Bonchev–Trinajstić information content (AvgIpc) is 2.66.